The molecule has 1 saturated heterocycles. The average molecular weight is 225 g/mol. The molecule has 0 saturated carbocycles. The number of aromatic nitrogens is 2. The quantitative estimate of drug-likeness (QED) is 0.658. The Balaban J connectivity index is 1.93. The highest BCUT2D eigenvalue weighted by atomic mass is 16.5. The van der Waals surface area contributed by atoms with Crippen LogP contribution in [0, 0.1) is 0 Å². The van der Waals surface area contributed by atoms with E-state index in [-0.39, 0.29) is 5.56 Å². The fourth-order valence-electron chi connectivity index (χ4n) is 1.65. The minimum Gasteiger partial charge on any atom is -0.388 e. The number of hydrogen-bond donors (Lipinski definition) is 3. The first-order chi connectivity index (χ1) is 7.68. The number of nitrogens with one attached hydrogen (secondary N) is 2. The van der Waals surface area contributed by atoms with Crippen LogP contribution in [0.3, 0.4) is 0 Å². The van der Waals surface area contributed by atoms with Crippen molar-refractivity contribution >= 4 is 5.82 Å². The van der Waals surface area contributed by atoms with E-state index in [0.29, 0.717) is 38.4 Å². The summed E-state index contributed by atoms with van der Waals surface area (Å²) in [5.74, 6) is 0.476. The summed E-state index contributed by atoms with van der Waals surface area (Å²) >= 11 is 0. The second-order valence-corrected chi connectivity index (χ2v) is 3.99. The number of aliphatic hydroxyl groups is 1. The van der Waals surface area contributed by atoms with Crippen molar-refractivity contribution in [3.63, 3.8) is 0 Å². The highest BCUT2D eigenvalue weighted by Crippen LogP contribution is 2.20. The van der Waals surface area contributed by atoms with Crippen LogP contribution in [0.4, 0.5) is 5.82 Å². The first-order valence-electron chi connectivity index (χ1n) is 5.27. The maximum atomic E-state index is 11.0. The third-order valence-electron chi connectivity index (χ3n) is 2.70. The molecule has 2 rings (SSSR count). The van der Waals surface area contributed by atoms with Gasteiger partial charge in [0.1, 0.15) is 5.82 Å². The van der Waals surface area contributed by atoms with Gasteiger partial charge in [0.25, 0.3) is 5.56 Å². The molecule has 0 unspecified atom stereocenters. The summed E-state index contributed by atoms with van der Waals surface area (Å²) in [6.45, 7) is 1.52. The number of aromatic amines is 1. The molecule has 1 aromatic rings. The standard InChI is InChI=1S/C10H15N3O3/c14-9-5-8(12-7-13-9)11-6-10(15)1-3-16-4-2-10/h5,7,15H,1-4,6H2,(H2,11,12,13,14). The zero-order chi connectivity index (χ0) is 11.4. The maximum absolute atomic E-state index is 11.0. The van der Waals surface area contributed by atoms with E-state index in [1.165, 1.54) is 12.4 Å². The van der Waals surface area contributed by atoms with Crippen LogP contribution in [0.2, 0.25) is 0 Å². The molecule has 0 bridgehead atoms. The lowest BCUT2D eigenvalue weighted by atomic mass is 9.94. The van der Waals surface area contributed by atoms with Crippen LogP contribution in [-0.2, 0) is 4.74 Å². The molecule has 6 heteroatoms. The van der Waals surface area contributed by atoms with Crippen molar-refractivity contribution in [2.75, 3.05) is 25.1 Å². The Morgan fingerprint density at radius 2 is 2.31 bits per heavy atom. The Morgan fingerprint density at radius 3 is 3.00 bits per heavy atom. The second-order valence-electron chi connectivity index (χ2n) is 3.99. The number of rotatable bonds is 3. The summed E-state index contributed by atoms with van der Waals surface area (Å²) in [5.41, 5.74) is -0.973. The minimum absolute atomic E-state index is 0.212. The number of hydrogen-bond acceptors (Lipinski definition) is 5. The molecule has 0 spiro atoms. The number of anilines is 1. The fraction of sp³-hybridized carbons (Fsp3) is 0.600. The van der Waals surface area contributed by atoms with Gasteiger partial charge in [-0.3, -0.25) is 4.79 Å². The third kappa shape index (κ3) is 2.80. The lowest BCUT2D eigenvalue weighted by Crippen LogP contribution is -2.42. The van der Waals surface area contributed by atoms with Crippen molar-refractivity contribution in [2.24, 2.45) is 0 Å². The van der Waals surface area contributed by atoms with E-state index in [1.54, 1.807) is 0 Å². The van der Waals surface area contributed by atoms with Crippen LogP contribution < -0.4 is 10.9 Å². The molecule has 2 heterocycles. The molecule has 0 amide bonds. The van der Waals surface area contributed by atoms with Gasteiger partial charge in [-0.1, -0.05) is 0 Å². The SMILES string of the molecule is O=c1cc(NCC2(O)CCOCC2)nc[nH]1. The van der Waals surface area contributed by atoms with E-state index < -0.39 is 5.60 Å². The highest BCUT2D eigenvalue weighted by Gasteiger charge is 2.29. The van der Waals surface area contributed by atoms with Crippen molar-refractivity contribution < 1.29 is 9.84 Å². The van der Waals surface area contributed by atoms with E-state index in [2.05, 4.69) is 15.3 Å². The molecule has 1 aliphatic rings. The summed E-state index contributed by atoms with van der Waals surface area (Å²) < 4.78 is 5.18. The first-order valence-corrected chi connectivity index (χ1v) is 5.27. The van der Waals surface area contributed by atoms with E-state index in [1.807, 2.05) is 0 Å². The molecule has 16 heavy (non-hydrogen) atoms. The van der Waals surface area contributed by atoms with Gasteiger partial charge < -0.3 is 20.1 Å². The maximum Gasteiger partial charge on any atom is 0.252 e. The molecule has 88 valence electrons. The van der Waals surface area contributed by atoms with E-state index >= 15 is 0 Å². The van der Waals surface area contributed by atoms with Crippen LogP contribution in [-0.4, -0.2) is 40.4 Å². The van der Waals surface area contributed by atoms with Gasteiger partial charge >= 0.3 is 0 Å². The molecular weight excluding hydrogens is 210 g/mol. The van der Waals surface area contributed by atoms with Gasteiger partial charge in [-0.05, 0) is 0 Å². The van der Waals surface area contributed by atoms with Gasteiger partial charge in [0.15, 0.2) is 0 Å². The third-order valence-corrected chi connectivity index (χ3v) is 2.70. The number of H-pyrrole nitrogens is 1. The molecule has 3 N–H and O–H groups in total. The summed E-state index contributed by atoms with van der Waals surface area (Å²) in [5, 5.41) is 13.1. The van der Waals surface area contributed by atoms with Gasteiger partial charge in [0.05, 0.1) is 11.9 Å². The number of ether oxygens (including phenoxy) is 1. The Hall–Kier alpha value is -1.40. The van der Waals surface area contributed by atoms with Gasteiger partial charge in [-0.15, -0.1) is 0 Å². The molecule has 1 aromatic heterocycles. The molecular formula is C10H15N3O3. The summed E-state index contributed by atoms with van der Waals surface area (Å²) in [6, 6.07) is 1.36. The van der Waals surface area contributed by atoms with Crippen molar-refractivity contribution in [1.82, 2.24) is 9.97 Å². The van der Waals surface area contributed by atoms with Crippen molar-refractivity contribution in [3.05, 3.63) is 22.7 Å². The molecule has 6 nitrogen and oxygen atoms in total. The Kier molecular flexibility index (Phi) is 3.21. The van der Waals surface area contributed by atoms with Gasteiger partial charge in [-0.25, -0.2) is 4.98 Å². The van der Waals surface area contributed by atoms with Crippen LogP contribution in [0.1, 0.15) is 12.8 Å². The van der Waals surface area contributed by atoms with E-state index in [4.69, 9.17) is 4.74 Å². The van der Waals surface area contributed by atoms with Gasteiger partial charge in [0, 0.05) is 38.7 Å². The van der Waals surface area contributed by atoms with E-state index in [0.717, 1.165) is 0 Å². The van der Waals surface area contributed by atoms with Crippen LogP contribution >= 0.6 is 0 Å². The highest BCUT2D eigenvalue weighted by molar-refractivity contribution is 5.32. The molecule has 1 aliphatic heterocycles. The predicted octanol–water partition coefficient (Wildman–Crippen LogP) is -0.277. The molecule has 0 radical (unpaired) electrons. The van der Waals surface area contributed by atoms with Crippen molar-refractivity contribution in [1.29, 1.82) is 0 Å². The predicted molar refractivity (Wildman–Crippen MR) is 58.4 cm³/mol. The summed E-state index contributed by atoms with van der Waals surface area (Å²) in [7, 11) is 0. The van der Waals surface area contributed by atoms with Gasteiger partial charge in [-0.2, -0.15) is 0 Å². The van der Waals surface area contributed by atoms with Crippen LogP contribution in [0.25, 0.3) is 0 Å². The molecule has 1 fully saturated rings. The average Bonchev–Trinajstić information content (AvgIpc) is 2.28. The van der Waals surface area contributed by atoms with Crippen molar-refractivity contribution in [2.45, 2.75) is 18.4 Å². The largest absolute Gasteiger partial charge is 0.388 e. The molecule has 0 aromatic carbocycles. The smallest absolute Gasteiger partial charge is 0.252 e. The fourth-order valence-corrected chi connectivity index (χ4v) is 1.65. The van der Waals surface area contributed by atoms with Gasteiger partial charge in [0.2, 0.25) is 0 Å². The zero-order valence-electron chi connectivity index (χ0n) is 8.90. The topological polar surface area (TPSA) is 87.2 Å². The second kappa shape index (κ2) is 4.63. The molecule has 0 atom stereocenters. The summed E-state index contributed by atoms with van der Waals surface area (Å²) in [4.78, 5) is 17.4. The Labute approximate surface area is 92.7 Å². The normalized spacial score (nSPS) is 19.3. The minimum atomic E-state index is -0.761. The summed E-state index contributed by atoms with van der Waals surface area (Å²) in [6.07, 6.45) is 2.53. The van der Waals surface area contributed by atoms with Crippen LogP contribution in [0.5, 0.6) is 0 Å². The number of nitrogens with zero attached hydrogens (tertiary/aromatic N) is 1. The Morgan fingerprint density at radius 1 is 1.56 bits per heavy atom. The lowest BCUT2D eigenvalue weighted by Gasteiger charge is -2.32. The zero-order valence-corrected chi connectivity index (χ0v) is 8.90. The van der Waals surface area contributed by atoms with Crippen LogP contribution in [0.15, 0.2) is 17.2 Å². The lowest BCUT2D eigenvalue weighted by molar-refractivity contribution is -0.0543. The first kappa shape index (κ1) is 11.1. The van der Waals surface area contributed by atoms with Crippen molar-refractivity contribution in [3.8, 4) is 0 Å². The molecule has 0 aliphatic carbocycles. The van der Waals surface area contributed by atoms with E-state index in [9.17, 15) is 9.90 Å². The monoisotopic (exact) mass is 225 g/mol. The Bertz CT molecular complexity index is 398.